The minimum absolute atomic E-state index is 0.450. The third-order valence-electron chi connectivity index (χ3n) is 3.76. The van der Waals surface area contributed by atoms with Crippen molar-refractivity contribution >= 4 is 0 Å². The van der Waals surface area contributed by atoms with E-state index in [1.54, 1.807) is 0 Å². The highest BCUT2D eigenvalue weighted by atomic mass is 14.6. The fourth-order valence-corrected chi connectivity index (χ4v) is 2.31. The number of hydrogen-bond donors (Lipinski definition) is 1. The fraction of sp³-hybridized carbons (Fsp3) is 1.00. The Balaban J connectivity index is 2.10. The Morgan fingerprint density at radius 1 is 1.31 bits per heavy atom. The second-order valence-corrected chi connectivity index (χ2v) is 4.78. The third-order valence-corrected chi connectivity index (χ3v) is 3.76. The van der Waals surface area contributed by atoms with Crippen LogP contribution in [0.1, 0.15) is 58.8 Å². The van der Waals surface area contributed by atoms with Crippen molar-refractivity contribution in [1.82, 2.24) is 0 Å². The van der Waals surface area contributed by atoms with Gasteiger partial charge in [0.05, 0.1) is 0 Å². The molecule has 0 saturated heterocycles. The van der Waals surface area contributed by atoms with Gasteiger partial charge in [-0.3, -0.25) is 0 Å². The minimum atomic E-state index is 0.450. The van der Waals surface area contributed by atoms with E-state index >= 15 is 0 Å². The van der Waals surface area contributed by atoms with Crippen molar-refractivity contribution < 1.29 is 0 Å². The quantitative estimate of drug-likeness (QED) is 0.695. The highest BCUT2D eigenvalue weighted by molar-refractivity contribution is 4.73. The summed E-state index contributed by atoms with van der Waals surface area (Å²) >= 11 is 0. The third kappa shape index (κ3) is 3.68. The molecule has 2 N–H and O–H groups in total. The van der Waals surface area contributed by atoms with Crippen molar-refractivity contribution in [3.8, 4) is 0 Å². The van der Waals surface area contributed by atoms with Crippen LogP contribution >= 0.6 is 0 Å². The van der Waals surface area contributed by atoms with Crippen LogP contribution in [0, 0.1) is 11.8 Å². The molecule has 1 heteroatoms. The average molecular weight is 183 g/mol. The standard InChI is InChI=1S/C12H25N/c1-3-10(2)12(13)9-8-11-6-4-5-7-11/h10-12H,3-9,13H2,1-2H3. The van der Waals surface area contributed by atoms with Gasteiger partial charge >= 0.3 is 0 Å². The van der Waals surface area contributed by atoms with Crippen LogP contribution < -0.4 is 5.73 Å². The Kier molecular flexibility index (Phi) is 4.79. The predicted molar refractivity (Wildman–Crippen MR) is 58.6 cm³/mol. The average Bonchev–Trinajstić information content (AvgIpc) is 2.65. The fourth-order valence-electron chi connectivity index (χ4n) is 2.31. The van der Waals surface area contributed by atoms with Gasteiger partial charge in [-0.15, -0.1) is 0 Å². The van der Waals surface area contributed by atoms with Gasteiger partial charge in [-0.1, -0.05) is 46.0 Å². The first-order valence-corrected chi connectivity index (χ1v) is 5.99. The zero-order valence-electron chi connectivity index (χ0n) is 9.26. The lowest BCUT2D eigenvalue weighted by Crippen LogP contribution is -2.28. The van der Waals surface area contributed by atoms with Crippen molar-refractivity contribution in [2.45, 2.75) is 64.8 Å². The van der Waals surface area contributed by atoms with Gasteiger partial charge in [0, 0.05) is 6.04 Å². The first-order valence-electron chi connectivity index (χ1n) is 5.99. The molecule has 1 aliphatic carbocycles. The molecule has 0 aromatic heterocycles. The van der Waals surface area contributed by atoms with Crippen molar-refractivity contribution in [3.05, 3.63) is 0 Å². The van der Waals surface area contributed by atoms with E-state index in [9.17, 15) is 0 Å². The van der Waals surface area contributed by atoms with Crippen LogP contribution in [0.5, 0.6) is 0 Å². The smallest absolute Gasteiger partial charge is 0.00645 e. The van der Waals surface area contributed by atoms with Crippen LogP contribution in [0.2, 0.25) is 0 Å². The molecule has 0 radical (unpaired) electrons. The molecule has 0 spiro atoms. The summed E-state index contributed by atoms with van der Waals surface area (Å²) in [6.45, 7) is 4.51. The molecule has 0 aliphatic heterocycles. The van der Waals surface area contributed by atoms with E-state index in [4.69, 9.17) is 5.73 Å². The van der Waals surface area contributed by atoms with E-state index < -0.39 is 0 Å². The molecule has 0 aromatic rings. The molecule has 0 aromatic carbocycles. The molecular weight excluding hydrogens is 158 g/mol. The summed E-state index contributed by atoms with van der Waals surface area (Å²) in [5.41, 5.74) is 6.11. The molecule has 1 aliphatic rings. The van der Waals surface area contributed by atoms with E-state index in [1.165, 1.54) is 44.9 Å². The number of nitrogens with two attached hydrogens (primary N) is 1. The highest BCUT2D eigenvalue weighted by Crippen LogP contribution is 2.29. The van der Waals surface area contributed by atoms with Gasteiger partial charge in [0.25, 0.3) is 0 Å². The topological polar surface area (TPSA) is 26.0 Å². The van der Waals surface area contributed by atoms with Gasteiger partial charge < -0.3 is 5.73 Å². The Hall–Kier alpha value is -0.0400. The minimum Gasteiger partial charge on any atom is -0.327 e. The molecule has 78 valence electrons. The Morgan fingerprint density at radius 3 is 2.46 bits per heavy atom. The summed E-state index contributed by atoms with van der Waals surface area (Å²) in [5.74, 6) is 1.72. The number of hydrogen-bond acceptors (Lipinski definition) is 1. The first-order chi connectivity index (χ1) is 6.24. The summed E-state index contributed by atoms with van der Waals surface area (Å²) in [6, 6.07) is 0.450. The molecule has 0 bridgehead atoms. The largest absolute Gasteiger partial charge is 0.327 e. The lowest BCUT2D eigenvalue weighted by atomic mass is 9.91. The highest BCUT2D eigenvalue weighted by Gasteiger charge is 2.17. The van der Waals surface area contributed by atoms with E-state index in [0.29, 0.717) is 12.0 Å². The molecule has 0 amide bonds. The molecular formula is C12H25N. The van der Waals surface area contributed by atoms with Crippen LogP contribution in [0.3, 0.4) is 0 Å². The predicted octanol–water partition coefficient (Wildman–Crippen LogP) is 3.33. The lowest BCUT2D eigenvalue weighted by Gasteiger charge is -2.19. The lowest BCUT2D eigenvalue weighted by molar-refractivity contribution is 0.372. The molecule has 2 atom stereocenters. The number of rotatable bonds is 5. The van der Waals surface area contributed by atoms with Gasteiger partial charge in [-0.2, -0.15) is 0 Å². The summed E-state index contributed by atoms with van der Waals surface area (Å²) in [4.78, 5) is 0. The maximum Gasteiger partial charge on any atom is 0.00645 e. The van der Waals surface area contributed by atoms with Crippen LogP contribution in [-0.4, -0.2) is 6.04 Å². The Bertz CT molecular complexity index is 127. The van der Waals surface area contributed by atoms with Crippen LogP contribution in [0.25, 0.3) is 0 Å². The van der Waals surface area contributed by atoms with Gasteiger partial charge in [0.2, 0.25) is 0 Å². The first kappa shape index (κ1) is 11.0. The zero-order chi connectivity index (χ0) is 9.68. The van der Waals surface area contributed by atoms with Gasteiger partial charge in [-0.05, 0) is 24.7 Å². The van der Waals surface area contributed by atoms with Crippen LogP contribution in [0.15, 0.2) is 0 Å². The van der Waals surface area contributed by atoms with E-state index in [0.717, 1.165) is 5.92 Å². The van der Waals surface area contributed by atoms with Crippen molar-refractivity contribution in [2.24, 2.45) is 17.6 Å². The molecule has 0 heterocycles. The van der Waals surface area contributed by atoms with Crippen LogP contribution in [0.4, 0.5) is 0 Å². The second kappa shape index (κ2) is 5.64. The van der Waals surface area contributed by atoms with E-state index in [1.807, 2.05) is 0 Å². The van der Waals surface area contributed by atoms with Gasteiger partial charge in [0.1, 0.15) is 0 Å². The van der Waals surface area contributed by atoms with Crippen molar-refractivity contribution in [3.63, 3.8) is 0 Å². The molecule has 13 heavy (non-hydrogen) atoms. The van der Waals surface area contributed by atoms with Gasteiger partial charge in [0.15, 0.2) is 0 Å². The SMILES string of the molecule is CCC(C)C(N)CCC1CCCC1. The molecule has 1 nitrogen and oxygen atoms in total. The maximum absolute atomic E-state index is 6.11. The van der Waals surface area contributed by atoms with Gasteiger partial charge in [-0.25, -0.2) is 0 Å². The monoisotopic (exact) mass is 183 g/mol. The molecule has 2 unspecified atom stereocenters. The van der Waals surface area contributed by atoms with Crippen LogP contribution in [-0.2, 0) is 0 Å². The summed E-state index contributed by atoms with van der Waals surface area (Å²) in [5, 5.41) is 0. The molecule has 1 fully saturated rings. The summed E-state index contributed by atoms with van der Waals surface area (Å²) < 4.78 is 0. The molecule has 1 saturated carbocycles. The normalized spacial score (nSPS) is 23.3. The summed E-state index contributed by atoms with van der Waals surface area (Å²) in [6.07, 6.45) is 9.71. The van der Waals surface area contributed by atoms with Crippen molar-refractivity contribution in [2.75, 3.05) is 0 Å². The Labute approximate surface area is 83.1 Å². The van der Waals surface area contributed by atoms with E-state index in [-0.39, 0.29) is 0 Å². The summed E-state index contributed by atoms with van der Waals surface area (Å²) in [7, 11) is 0. The Morgan fingerprint density at radius 2 is 1.92 bits per heavy atom. The maximum atomic E-state index is 6.11. The second-order valence-electron chi connectivity index (χ2n) is 4.78. The van der Waals surface area contributed by atoms with E-state index in [2.05, 4.69) is 13.8 Å². The van der Waals surface area contributed by atoms with Crippen molar-refractivity contribution in [1.29, 1.82) is 0 Å². The molecule has 1 rings (SSSR count). The zero-order valence-corrected chi connectivity index (χ0v) is 9.26.